The van der Waals surface area contributed by atoms with Crippen LogP contribution in [0.4, 0.5) is 0 Å². The summed E-state index contributed by atoms with van der Waals surface area (Å²) in [6.07, 6.45) is 7.59. The molecule has 2 saturated carbocycles. The number of hydrogen-bond donors (Lipinski definition) is 1. The van der Waals surface area contributed by atoms with Crippen LogP contribution in [-0.2, 0) is 4.79 Å². The molecule has 2 amide bonds. The van der Waals surface area contributed by atoms with Crippen LogP contribution in [0.1, 0.15) is 72.5 Å². The van der Waals surface area contributed by atoms with E-state index in [1.807, 2.05) is 23.1 Å². The van der Waals surface area contributed by atoms with Crippen LogP contribution in [0.25, 0.3) is 0 Å². The van der Waals surface area contributed by atoms with E-state index in [0.29, 0.717) is 22.8 Å². The second-order valence-electron chi connectivity index (χ2n) is 9.35. The molecule has 1 saturated heterocycles. The molecule has 1 spiro atoms. The van der Waals surface area contributed by atoms with Crippen molar-refractivity contribution in [3.05, 3.63) is 65.5 Å². The molecule has 3 aliphatic rings. The second kappa shape index (κ2) is 7.53. The SMILES string of the molecule is C[C@@H](NC(=O)c1ccc([C@@H]2C[C@H]2c2ccccc2)nc1)C(=O)N1CCC2(CC1)CC2. The molecule has 1 N–H and O–H groups in total. The number of benzene rings is 1. The van der Waals surface area contributed by atoms with Gasteiger partial charge in [0.15, 0.2) is 0 Å². The Morgan fingerprint density at radius 1 is 1.03 bits per heavy atom. The van der Waals surface area contributed by atoms with Crippen molar-refractivity contribution in [2.75, 3.05) is 13.1 Å². The molecule has 0 bridgehead atoms. The third kappa shape index (κ3) is 3.85. The van der Waals surface area contributed by atoms with Crippen LogP contribution >= 0.6 is 0 Å². The van der Waals surface area contributed by atoms with Crippen molar-refractivity contribution >= 4 is 11.8 Å². The summed E-state index contributed by atoms with van der Waals surface area (Å²) in [5, 5.41) is 2.86. The molecular formula is C25H29N3O2. The molecule has 1 aromatic carbocycles. The molecule has 5 heteroatoms. The van der Waals surface area contributed by atoms with E-state index in [9.17, 15) is 9.59 Å². The number of hydrogen-bond acceptors (Lipinski definition) is 3. The fourth-order valence-electron chi connectivity index (χ4n) is 4.84. The quantitative estimate of drug-likeness (QED) is 0.824. The van der Waals surface area contributed by atoms with Gasteiger partial charge in [0.25, 0.3) is 5.91 Å². The molecule has 2 aromatic rings. The van der Waals surface area contributed by atoms with Crippen molar-refractivity contribution in [1.82, 2.24) is 15.2 Å². The summed E-state index contributed by atoms with van der Waals surface area (Å²) in [5.74, 6) is 0.738. The first-order valence-corrected chi connectivity index (χ1v) is 11.2. The molecule has 30 heavy (non-hydrogen) atoms. The maximum atomic E-state index is 12.7. The summed E-state index contributed by atoms with van der Waals surface area (Å²) in [4.78, 5) is 31.8. The number of pyridine rings is 1. The van der Waals surface area contributed by atoms with Crippen LogP contribution in [0.5, 0.6) is 0 Å². The van der Waals surface area contributed by atoms with Crippen LogP contribution in [0.2, 0.25) is 0 Å². The highest BCUT2D eigenvalue weighted by atomic mass is 16.2. The predicted molar refractivity (Wildman–Crippen MR) is 115 cm³/mol. The normalized spacial score (nSPS) is 24.9. The van der Waals surface area contributed by atoms with Gasteiger partial charge in [-0.05, 0) is 68.1 Å². The lowest BCUT2D eigenvalue weighted by molar-refractivity contribution is -0.134. The van der Waals surface area contributed by atoms with Gasteiger partial charge in [-0.25, -0.2) is 0 Å². The Kier molecular flexibility index (Phi) is 4.84. The van der Waals surface area contributed by atoms with Crippen molar-refractivity contribution in [3.8, 4) is 0 Å². The molecule has 3 atom stereocenters. The van der Waals surface area contributed by atoms with Crippen LogP contribution < -0.4 is 5.32 Å². The Balaban J connectivity index is 1.15. The lowest BCUT2D eigenvalue weighted by atomic mass is 9.93. The van der Waals surface area contributed by atoms with Crippen molar-refractivity contribution in [3.63, 3.8) is 0 Å². The molecule has 2 aliphatic carbocycles. The van der Waals surface area contributed by atoms with Gasteiger partial charge >= 0.3 is 0 Å². The van der Waals surface area contributed by atoms with E-state index in [1.54, 1.807) is 13.1 Å². The van der Waals surface area contributed by atoms with Gasteiger partial charge in [-0.1, -0.05) is 30.3 Å². The maximum absolute atomic E-state index is 12.7. The maximum Gasteiger partial charge on any atom is 0.253 e. The van der Waals surface area contributed by atoms with Crippen LogP contribution in [0, 0.1) is 5.41 Å². The van der Waals surface area contributed by atoms with Gasteiger partial charge in [-0.15, -0.1) is 0 Å². The van der Waals surface area contributed by atoms with Crippen LogP contribution in [-0.4, -0.2) is 40.8 Å². The molecule has 0 radical (unpaired) electrons. The smallest absolute Gasteiger partial charge is 0.253 e. The lowest BCUT2D eigenvalue weighted by Gasteiger charge is -2.33. The van der Waals surface area contributed by atoms with Gasteiger partial charge in [0.2, 0.25) is 5.91 Å². The van der Waals surface area contributed by atoms with Gasteiger partial charge in [0.1, 0.15) is 6.04 Å². The van der Waals surface area contributed by atoms with E-state index in [1.165, 1.54) is 18.4 Å². The minimum Gasteiger partial charge on any atom is -0.341 e. The Bertz CT molecular complexity index is 927. The molecule has 3 fully saturated rings. The highest BCUT2D eigenvalue weighted by molar-refractivity contribution is 5.97. The topological polar surface area (TPSA) is 62.3 Å². The lowest BCUT2D eigenvalue weighted by Crippen LogP contribution is -2.49. The Hall–Kier alpha value is -2.69. The monoisotopic (exact) mass is 403 g/mol. The zero-order valence-corrected chi connectivity index (χ0v) is 17.5. The standard InChI is InChI=1S/C25H29N3O2/c1-17(24(30)28-13-11-25(9-10-25)12-14-28)27-23(29)19-7-8-22(26-16-19)21-15-20(21)18-5-3-2-4-6-18/h2-8,16-17,20-21H,9-15H2,1H3,(H,27,29)/t17-,20+,21-/m1/s1. The summed E-state index contributed by atoms with van der Waals surface area (Å²) < 4.78 is 0. The van der Waals surface area contributed by atoms with Crippen LogP contribution in [0.15, 0.2) is 48.7 Å². The molecule has 5 nitrogen and oxygen atoms in total. The summed E-state index contributed by atoms with van der Waals surface area (Å²) in [6, 6.07) is 13.8. The number of amides is 2. The molecule has 0 unspecified atom stereocenters. The first-order valence-electron chi connectivity index (χ1n) is 11.2. The average molecular weight is 404 g/mol. The van der Waals surface area contributed by atoms with E-state index in [4.69, 9.17) is 0 Å². The average Bonchev–Trinajstić information content (AvgIpc) is 3.71. The van der Waals surface area contributed by atoms with Crippen molar-refractivity contribution in [1.29, 1.82) is 0 Å². The van der Waals surface area contributed by atoms with Gasteiger partial charge in [0, 0.05) is 30.9 Å². The fourth-order valence-corrected chi connectivity index (χ4v) is 4.84. The van der Waals surface area contributed by atoms with Gasteiger partial charge < -0.3 is 10.2 Å². The third-order valence-corrected chi connectivity index (χ3v) is 7.26. The van der Waals surface area contributed by atoms with E-state index in [0.717, 1.165) is 38.0 Å². The second-order valence-corrected chi connectivity index (χ2v) is 9.35. The summed E-state index contributed by atoms with van der Waals surface area (Å²) >= 11 is 0. The highest BCUT2D eigenvalue weighted by Crippen LogP contribution is 2.54. The number of aromatic nitrogens is 1. The first-order chi connectivity index (χ1) is 14.5. The summed E-state index contributed by atoms with van der Waals surface area (Å²) in [7, 11) is 0. The van der Waals surface area contributed by atoms with E-state index in [-0.39, 0.29) is 11.8 Å². The minimum atomic E-state index is -0.517. The number of nitrogens with one attached hydrogen (secondary N) is 1. The molecule has 5 rings (SSSR count). The Morgan fingerprint density at radius 3 is 2.40 bits per heavy atom. The van der Waals surface area contributed by atoms with E-state index >= 15 is 0 Å². The zero-order chi connectivity index (χ0) is 20.7. The minimum absolute atomic E-state index is 0.0205. The number of piperidine rings is 1. The molecule has 1 aliphatic heterocycles. The Morgan fingerprint density at radius 2 is 1.77 bits per heavy atom. The number of rotatable bonds is 5. The number of carbonyl (C=O) groups is 2. The van der Waals surface area contributed by atoms with Crippen molar-refractivity contribution in [2.24, 2.45) is 5.41 Å². The zero-order valence-electron chi connectivity index (χ0n) is 17.5. The van der Waals surface area contributed by atoms with Crippen molar-refractivity contribution < 1.29 is 9.59 Å². The summed E-state index contributed by atoms with van der Waals surface area (Å²) in [5.41, 5.74) is 3.43. The van der Waals surface area contributed by atoms with Crippen molar-refractivity contribution in [2.45, 2.75) is 56.9 Å². The first kappa shape index (κ1) is 19.3. The van der Waals surface area contributed by atoms with E-state index in [2.05, 4.69) is 34.6 Å². The summed E-state index contributed by atoms with van der Waals surface area (Å²) in [6.45, 7) is 3.41. The fraction of sp³-hybridized carbons (Fsp3) is 0.480. The van der Waals surface area contributed by atoms with Crippen LogP contribution in [0.3, 0.4) is 0 Å². The molecule has 156 valence electrons. The number of likely N-dealkylation sites (tertiary alicyclic amines) is 1. The largest absolute Gasteiger partial charge is 0.341 e. The van der Waals surface area contributed by atoms with Gasteiger partial charge in [-0.2, -0.15) is 0 Å². The van der Waals surface area contributed by atoms with Gasteiger partial charge in [0.05, 0.1) is 5.56 Å². The molecule has 2 heterocycles. The molecule has 1 aromatic heterocycles. The highest BCUT2D eigenvalue weighted by Gasteiger charge is 2.45. The van der Waals surface area contributed by atoms with E-state index < -0.39 is 6.04 Å². The van der Waals surface area contributed by atoms with Gasteiger partial charge in [-0.3, -0.25) is 14.6 Å². The number of carbonyl (C=O) groups excluding carboxylic acids is 2. The Labute approximate surface area is 177 Å². The molecular weight excluding hydrogens is 374 g/mol. The number of nitrogens with zero attached hydrogens (tertiary/aromatic N) is 2. The predicted octanol–water partition coefficient (Wildman–Crippen LogP) is 3.87. The third-order valence-electron chi connectivity index (χ3n) is 7.26.